The lowest BCUT2D eigenvalue weighted by Gasteiger charge is -2.21. The number of likely N-dealkylation sites (tertiary alicyclic amines) is 1. The Morgan fingerprint density at radius 2 is 2.05 bits per heavy atom. The third-order valence-electron chi connectivity index (χ3n) is 3.84. The Balaban J connectivity index is 2.01. The van der Waals surface area contributed by atoms with Gasteiger partial charge in [-0.25, -0.2) is 9.78 Å². The Kier molecular flexibility index (Phi) is 3.93. The molecular weight excluding hydrogens is 327 g/mol. The van der Waals surface area contributed by atoms with Crippen LogP contribution in [0, 0.1) is 0 Å². The summed E-state index contributed by atoms with van der Waals surface area (Å²) in [6.45, 7) is 0.440. The average molecular weight is 339 g/mol. The summed E-state index contributed by atoms with van der Waals surface area (Å²) in [6, 6.07) is 4.17. The molecule has 1 aliphatic heterocycles. The highest BCUT2D eigenvalue weighted by Crippen LogP contribution is 2.29. The van der Waals surface area contributed by atoms with E-state index in [1.807, 2.05) is 0 Å². The number of nitrogens with zero attached hydrogens (tertiary/aromatic N) is 2. The molecule has 1 aromatic heterocycles. The second kappa shape index (κ2) is 5.74. The maximum Gasteiger partial charge on any atom is 0.326 e. The number of fused-ring (bicyclic) bond motifs is 1. The third-order valence-corrected chi connectivity index (χ3v) is 4.44. The summed E-state index contributed by atoms with van der Waals surface area (Å²) in [6.07, 6.45) is 2.61. The van der Waals surface area contributed by atoms with Crippen molar-refractivity contribution in [2.75, 3.05) is 6.54 Å². The molecule has 1 amide bonds. The van der Waals surface area contributed by atoms with Crippen LogP contribution in [0.2, 0.25) is 10.2 Å². The number of aliphatic carboxylic acids is 1. The standard InChI is InChI=1S/C15H12Cl2N2O3/c16-11-7-18-13(17)10-6-8(3-4-9(10)11)14(20)19-5-1-2-12(19)15(21)22/h3-4,6-7,12H,1-2,5H2,(H,21,22). The van der Waals surface area contributed by atoms with Crippen LogP contribution in [-0.4, -0.2) is 39.5 Å². The van der Waals surface area contributed by atoms with Crippen LogP contribution in [-0.2, 0) is 4.79 Å². The van der Waals surface area contributed by atoms with Crippen molar-refractivity contribution in [3.63, 3.8) is 0 Å². The van der Waals surface area contributed by atoms with Gasteiger partial charge in [0.2, 0.25) is 0 Å². The summed E-state index contributed by atoms with van der Waals surface area (Å²) in [5, 5.41) is 11.2. The molecule has 0 aliphatic carbocycles. The molecule has 2 aromatic rings. The van der Waals surface area contributed by atoms with E-state index < -0.39 is 12.0 Å². The molecule has 1 aliphatic rings. The van der Waals surface area contributed by atoms with Gasteiger partial charge in [-0.1, -0.05) is 29.3 Å². The van der Waals surface area contributed by atoms with Crippen LogP contribution < -0.4 is 0 Å². The minimum absolute atomic E-state index is 0.255. The topological polar surface area (TPSA) is 70.5 Å². The fourth-order valence-corrected chi connectivity index (χ4v) is 3.16. The summed E-state index contributed by atoms with van der Waals surface area (Å²) < 4.78 is 0. The highest BCUT2D eigenvalue weighted by atomic mass is 35.5. The van der Waals surface area contributed by atoms with Crippen LogP contribution in [0.4, 0.5) is 0 Å². The predicted molar refractivity (Wildman–Crippen MR) is 83.5 cm³/mol. The van der Waals surface area contributed by atoms with Crippen molar-refractivity contribution in [3.8, 4) is 0 Å². The maximum absolute atomic E-state index is 12.6. The second-order valence-corrected chi connectivity index (χ2v) is 5.92. The summed E-state index contributed by atoms with van der Waals surface area (Å²) in [5.41, 5.74) is 0.381. The monoisotopic (exact) mass is 338 g/mol. The van der Waals surface area contributed by atoms with Crippen molar-refractivity contribution >= 4 is 45.9 Å². The van der Waals surface area contributed by atoms with E-state index in [0.29, 0.717) is 40.7 Å². The van der Waals surface area contributed by atoms with Gasteiger partial charge in [0.25, 0.3) is 5.91 Å². The number of benzene rings is 1. The van der Waals surface area contributed by atoms with Crippen LogP contribution in [0.15, 0.2) is 24.4 Å². The lowest BCUT2D eigenvalue weighted by Crippen LogP contribution is -2.40. The molecule has 7 heteroatoms. The minimum Gasteiger partial charge on any atom is -0.480 e. The fraction of sp³-hybridized carbons (Fsp3) is 0.267. The number of rotatable bonds is 2. The smallest absolute Gasteiger partial charge is 0.326 e. The summed E-state index contributed by atoms with van der Waals surface area (Å²) in [7, 11) is 0. The van der Waals surface area contributed by atoms with Gasteiger partial charge in [-0.3, -0.25) is 4.79 Å². The Hall–Kier alpha value is -1.85. The summed E-state index contributed by atoms with van der Waals surface area (Å²) >= 11 is 12.1. The number of amides is 1. The molecule has 1 saturated heterocycles. The zero-order valence-corrected chi connectivity index (χ0v) is 12.9. The average Bonchev–Trinajstić information content (AvgIpc) is 3.00. The van der Waals surface area contributed by atoms with Gasteiger partial charge in [-0.2, -0.15) is 0 Å². The van der Waals surface area contributed by atoms with E-state index in [9.17, 15) is 14.7 Å². The zero-order chi connectivity index (χ0) is 15.9. The molecule has 22 heavy (non-hydrogen) atoms. The van der Waals surface area contributed by atoms with E-state index in [1.54, 1.807) is 18.2 Å². The van der Waals surface area contributed by atoms with Gasteiger partial charge in [0.1, 0.15) is 11.2 Å². The van der Waals surface area contributed by atoms with Crippen LogP contribution in [0.25, 0.3) is 10.8 Å². The lowest BCUT2D eigenvalue weighted by molar-refractivity contribution is -0.141. The van der Waals surface area contributed by atoms with Gasteiger partial charge in [-0.15, -0.1) is 0 Å². The van der Waals surface area contributed by atoms with E-state index in [-0.39, 0.29) is 11.1 Å². The second-order valence-electron chi connectivity index (χ2n) is 5.15. The van der Waals surface area contributed by atoms with Gasteiger partial charge in [0.15, 0.2) is 0 Å². The maximum atomic E-state index is 12.6. The lowest BCUT2D eigenvalue weighted by atomic mass is 10.1. The highest BCUT2D eigenvalue weighted by Gasteiger charge is 2.34. The number of hydrogen-bond acceptors (Lipinski definition) is 3. The largest absolute Gasteiger partial charge is 0.480 e. The first-order valence-electron chi connectivity index (χ1n) is 6.76. The molecule has 0 spiro atoms. The van der Waals surface area contributed by atoms with Crippen LogP contribution in [0.3, 0.4) is 0 Å². The molecule has 3 rings (SSSR count). The first-order valence-corrected chi connectivity index (χ1v) is 7.52. The van der Waals surface area contributed by atoms with Crippen molar-refractivity contribution in [3.05, 3.63) is 40.1 Å². The van der Waals surface area contributed by atoms with Gasteiger partial charge in [0.05, 0.1) is 5.02 Å². The molecule has 1 atom stereocenters. The molecule has 1 aromatic carbocycles. The van der Waals surface area contributed by atoms with Crippen molar-refractivity contribution in [1.29, 1.82) is 0 Å². The Morgan fingerprint density at radius 3 is 2.77 bits per heavy atom. The van der Waals surface area contributed by atoms with Crippen LogP contribution in [0.5, 0.6) is 0 Å². The molecule has 1 N–H and O–H groups in total. The van der Waals surface area contributed by atoms with Crippen molar-refractivity contribution in [2.24, 2.45) is 0 Å². The molecule has 1 fully saturated rings. The molecule has 114 valence electrons. The first-order chi connectivity index (χ1) is 10.5. The first kappa shape index (κ1) is 15.1. The SMILES string of the molecule is O=C(O)C1CCCN1C(=O)c1ccc2c(Cl)cnc(Cl)c2c1. The number of hydrogen-bond donors (Lipinski definition) is 1. The highest BCUT2D eigenvalue weighted by molar-refractivity contribution is 6.39. The number of carbonyl (C=O) groups excluding carboxylic acids is 1. The molecule has 0 bridgehead atoms. The zero-order valence-electron chi connectivity index (χ0n) is 11.4. The van der Waals surface area contributed by atoms with E-state index in [4.69, 9.17) is 23.2 Å². The van der Waals surface area contributed by atoms with Crippen LogP contribution >= 0.6 is 23.2 Å². The number of carboxylic acid groups (broad SMARTS) is 1. The Bertz CT molecular complexity index is 779. The number of aromatic nitrogens is 1. The summed E-state index contributed by atoms with van der Waals surface area (Å²) in [4.78, 5) is 29.1. The Morgan fingerprint density at radius 1 is 1.27 bits per heavy atom. The number of halogens is 2. The normalized spacial score (nSPS) is 17.9. The van der Waals surface area contributed by atoms with Gasteiger partial charge in [-0.05, 0) is 25.0 Å². The van der Waals surface area contributed by atoms with Gasteiger partial charge >= 0.3 is 5.97 Å². The number of pyridine rings is 1. The minimum atomic E-state index is -0.977. The van der Waals surface area contributed by atoms with E-state index in [0.717, 1.165) is 0 Å². The molecule has 5 nitrogen and oxygen atoms in total. The molecule has 1 unspecified atom stereocenters. The van der Waals surface area contributed by atoms with Crippen molar-refractivity contribution in [1.82, 2.24) is 9.88 Å². The summed E-state index contributed by atoms with van der Waals surface area (Å²) in [5.74, 6) is -1.29. The molecule has 0 saturated carbocycles. The van der Waals surface area contributed by atoms with E-state index in [1.165, 1.54) is 11.1 Å². The molecule has 2 heterocycles. The van der Waals surface area contributed by atoms with E-state index in [2.05, 4.69) is 4.98 Å². The molecule has 0 radical (unpaired) electrons. The van der Waals surface area contributed by atoms with Gasteiger partial charge in [0, 0.05) is 29.1 Å². The number of carbonyl (C=O) groups is 2. The predicted octanol–water partition coefficient (Wildman–Crippen LogP) is 3.23. The fourth-order valence-electron chi connectivity index (χ4n) is 2.74. The van der Waals surface area contributed by atoms with E-state index >= 15 is 0 Å². The van der Waals surface area contributed by atoms with Crippen molar-refractivity contribution in [2.45, 2.75) is 18.9 Å². The van der Waals surface area contributed by atoms with Gasteiger partial charge < -0.3 is 10.0 Å². The third kappa shape index (κ3) is 2.51. The molecular formula is C15H12Cl2N2O3. The Labute approximate surface area is 136 Å². The van der Waals surface area contributed by atoms with Crippen LogP contribution in [0.1, 0.15) is 23.2 Å². The number of carboxylic acids is 1. The van der Waals surface area contributed by atoms with Crippen molar-refractivity contribution < 1.29 is 14.7 Å². The quantitative estimate of drug-likeness (QED) is 0.853.